The average Bonchev–Trinajstić information content (AvgIpc) is 3.16. The number of aromatic nitrogens is 4. The first-order valence-electron chi connectivity index (χ1n) is 9.93. The Hall–Kier alpha value is -3.02. The monoisotopic (exact) mass is 375 g/mol. The van der Waals surface area contributed by atoms with E-state index in [0.29, 0.717) is 18.4 Å². The number of carbonyl (C=O) groups is 1. The minimum atomic E-state index is -0.135. The van der Waals surface area contributed by atoms with Crippen molar-refractivity contribution < 1.29 is 4.79 Å². The van der Waals surface area contributed by atoms with Crippen LogP contribution < -0.4 is 5.32 Å². The lowest BCUT2D eigenvalue weighted by molar-refractivity contribution is -0.115. The van der Waals surface area contributed by atoms with Crippen molar-refractivity contribution in [2.24, 2.45) is 0 Å². The van der Waals surface area contributed by atoms with E-state index in [4.69, 9.17) is 0 Å². The number of nitrogens with zero attached hydrogens (tertiary/aromatic N) is 4. The Morgan fingerprint density at radius 2 is 1.75 bits per heavy atom. The summed E-state index contributed by atoms with van der Waals surface area (Å²) in [6, 6.07) is 10.1. The molecule has 2 heterocycles. The molecule has 0 spiro atoms. The molecule has 0 saturated heterocycles. The molecule has 1 aromatic carbocycles. The molecule has 1 fully saturated rings. The third kappa shape index (κ3) is 4.82. The van der Waals surface area contributed by atoms with E-state index in [1.807, 2.05) is 41.5 Å². The zero-order valence-corrected chi connectivity index (χ0v) is 15.9. The van der Waals surface area contributed by atoms with Crippen molar-refractivity contribution >= 4 is 11.9 Å². The van der Waals surface area contributed by atoms with Gasteiger partial charge in [0.05, 0.1) is 19.2 Å². The third-order valence-electron chi connectivity index (χ3n) is 5.24. The Kier molecular flexibility index (Phi) is 5.75. The van der Waals surface area contributed by atoms with Gasteiger partial charge in [-0.3, -0.25) is 14.8 Å². The Balaban J connectivity index is 1.30. The lowest BCUT2D eigenvalue weighted by Crippen LogP contribution is -2.16. The quantitative estimate of drug-likeness (QED) is 0.708. The molecule has 1 aliphatic rings. The molecule has 144 valence electrons. The highest BCUT2D eigenvalue weighted by molar-refractivity contribution is 5.90. The van der Waals surface area contributed by atoms with Crippen molar-refractivity contribution in [3.63, 3.8) is 0 Å². The number of amides is 1. The molecule has 3 aromatic rings. The normalized spacial score (nSPS) is 14.7. The van der Waals surface area contributed by atoms with Gasteiger partial charge in [-0.15, -0.1) is 0 Å². The van der Waals surface area contributed by atoms with Crippen molar-refractivity contribution in [2.75, 3.05) is 5.32 Å². The Morgan fingerprint density at radius 1 is 1.00 bits per heavy atom. The summed E-state index contributed by atoms with van der Waals surface area (Å²) in [6.45, 7) is 0.689. The summed E-state index contributed by atoms with van der Waals surface area (Å²) >= 11 is 0. The van der Waals surface area contributed by atoms with Crippen LogP contribution >= 0.6 is 0 Å². The molecule has 6 nitrogen and oxygen atoms in total. The Morgan fingerprint density at radius 3 is 2.50 bits per heavy atom. The van der Waals surface area contributed by atoms with Crippen LogP contribution in [-0.4, -0.2) is 25.7 Å². The minimum absolute atomic E-state index is 0.135. The summed E-state index contributed by atoms with van der Waals surface area (Å²) < 4.78 is 1.84. The van der Waals surface area contributed by atoms with Gasteiger partial charge in [0.15, 0.2) is 0 Å². The van der Waals surface area contributed by atoms with Crippen molar-refractivity contribution in [1.82, 2.24) is 19.7 Å². The summed E-state index contributed by atoms with van der Waals surface area (Å²) in [6.07, 6.45) is 13.9. The minimum Gasteiger partial charge on any atom is -0.294 e. The van der Waals surface area contributed by atoms with E-state index in [-0.39, 0.29) is 12.3 Å². The first-order chi connectivity index (χ1) is 13.8. The van der Waals surface area contributed by atoms with Gasteiger partial charge in [0, 0.05) is 18.6 Å². The second-order valence-electron chi connectivity index (χ2n) is 7.43. The highest BCUT2D eigenvalue weighted by Gasteiger charge is 2.16. The molecule has 1 saturated carbocycles. The summed E-state index contributed by atoms with van der Waals surface area (Å²) in [4.78, 5) is 21.0. The zero-order chi connectivity index (χ0) is 19.2. The van der Waals surface area contributed by atoms with Gasteiger partial charge in [-0.1, -0.05) is 49.6 Å². The van der Waals surface area contributed by atoms with Crippen LogP contribution in [0.15, 0.2) is 55.1 Å². The van der Waals surface area contributed by atoms with Gasteiger partial charge in [0.1, 0.15) is 0 Å². The predicted octanol–water partition coefficient (Wildman–Crippen LogP) is 3.95. The fraction of sp³-hybridized carbons (Fsp3) is 0.364. The maximum absolute atomic E-state index is 12.3. The second-order valence-corrected chi connectivity index (χ2v) is 7.43. The standard InChI is InChI=1S/C22H25N5O/c28-21(11-18-12-25-27(16-18)15-17-7-3-1-4-8-17)26-22-23-13-20(14-24-22)19-9-5-2-6-10-19/h1,3-4,7-8,12-14,16,19H,2,5-6,9-11,15H2,(H,23,24,26,28). The summed E-state index contributed by atoms with van der Waals surface area (Å²) in [7, 11) is 0. The van der Waals surface area contributed by atoms with E-state index in [1.54, 1.807) is 6.20 Å². The molecule has 28 heavy (non-hydrogen) atoms. The smallest absolute Gasteiger partial charge is 0.231 e. The second kappa shape index (κ2) is 8.78. The van der Waals surface area contributed by atoms with Crippen LogP contribution in [0.3, 0.4) is 0 Å². The van der Waals surface area contributed by atoms with Crippen molar-refractivity contribution in [3.05, 3.63) is 71.8 Å². The molecule has 1 aliphatic carbocycles. The first-order valence-corrected chi connectivity index (χ1v) is 9.93. The lowest BCUT2D eigenvalue weighted by Gasteiger charge is -2.21. The summed E-state index contributed by atoms with van der Waals surface area (Å²) in [5, 5.41) is 7.12. The molecular formula is C22H25N5O. The number of hydrogen-bond donors (Lipinski definition) is 1. The van der Waals surface area contributed by atoms with E-state index in [1.165, 1.54) is 43.2 Å². The number of rotatable bonds is 6. The molecule has 1 amide bonds. The van der Waals surface area contributed by atoms with E-state index < -0.39 is 0 Å². The molecule has 0 atom stereocenters. The van der Waals surface area contributed by atoms with Gasteiger partial charge >= 0.3 is 0 Å². The lowest BCUT2D eigenvalue weighted by atomic mass is 9.85. The number of anilines is 1. The molecule has 6 heteroatoms. The number of carbonyl (C=O) groups excluding carboxylic acids is 1. The molecule has 0 bridgehead atoms. The van der Waals surface area contributed by atoms with Gasteiger partial charge in [0.25, 0.3) is 0 Å². The highest BCUT2D eigenvalue weighted by Crippen LogP contribution is 2.31. The van der Waals surface area contributed by atoms with Gasteiger partial charge in [-0.25, -0.2) is 9.97 Å². The van der Waals surface area contributed by atoms with Crippen molar-refractivity contribution in [2.45, 2.75) is 51.0 Å². The van der Waals surface area contributed by atoms with Crippen LogP contribution in [0.5, 0.6) is 0 Å². The van der Waals surface area contributed by atoms with Gasteiger partial charge in [-0.05, 0) is 35.4 Å². The molecule has 0 aliphatic heterocycles. The van der Waals surface area contributed by atoms with E-state index in [2.05, 4.69) is 32.5 Å². The molecule has 0 unspecified atom stereocenters. The fourth-order valence-corrected chi connectivity index (χ4v) is 3.76. The molecular weight excluding hydrogens is 350 g/mol. The predicted molar refractivity (Wildman–Crippen MR) is 108 cm³/mol. The Bertz CT molecular complexity index is 898. The van der Waals surface area contributed by atoms with Crippen LogP contribution in [-0.2, 0) is 17.8 Å². The molecule has 2 aromatic heterocycles. The SMILES string of the molecule is O=C(Cc1cnn(Cc2ccccc2)c1)Nc1ncc(C2CCCCC2)cn1. The summed E-state index contributed by atoms with van der Waals surface area (Å²) in [5.41, 5.74) is 3.22. The van der Waals surface area contributed by atoms with Crippen molar-refractivity contribution in [3.8, 4) is 0 Å². The maximum atomic E-state index is 12.3. The van der Waals surface area contributed by atoms with Crippen LogP contribution in [0.25, 0.3) is 0 Å². The van der Waals surface area contributed by atoms with Crippen LogP contribution in [0.2, 0.25) is 0 Å². The number of benzene rings is 1. The van der Waals surface area contributed by atoms with Crippen LogP contribution in [0.4, 0.5) is 5.95 Å². The topological polar surface area (TPSA) is 72.7 Å². The summed E-state index contributed by atoms with van der Waals surface area (Å²) in [5.74, 6) is 0.792. The Labute approximate surface area is 165 Å². The largest absolute Gasteiger partial charge is 0.294 e. The highest BCUT2D eigenvalue weighted by atomic mass is 16.1. The van der Waals surface area contributed by atoms with Gasteiger partial charge in [-0.2, -0.15) is 5.10 Å². The average molecular weight is 375 g/mol. The molecule has 0 radical (unpaired) electrons. The van der Waals surface area contributed by atoms with Crippen LogP contribution in [0.1, 0.15) is 54.7 Å². The van der Waals surface area contributed by atoms with Crippen LogP contribution in [0, 0.1) is 0 Å². The zero-order valence-electron chi connectivity index (χ0n) is 15.9. The fourth-order valence-electron chi connectivity index (χ4n) is 3.76. The van der Waals surface area contributed by atoms with Gasteiger partial charge in [0.2, 0.25) is 11.9 Å². The number of nitrogens with one attached hydrogen (secondary N) is 1. The van der Waals surface area contributed by atoms with E-state index in [9.17, 15) is 4.79 Å². The van der Waals surface area contributed by atoms with Gasteiger partial charge < -0.3 is 0 Å². The molecule has 1 N–H and O–H groups in total. The molecule has 4 rings (SSSR count). The third-order valence-corrected chi connectivity index (χ3v) is 5.24. The van der Waals surface area contributed by atoms with E-state index in [0.717, 1.165) is 5.56 Å². The maximum Gasteiger partial charge on any atom is 0.231 e. The van der Waals surface area contributed by atoms with Crippen molar-refractivity contribution in [1.29, 1.82) is 0 Å². The number of hydrogen-bond acceptors (Lipinski definition) is 4. The first kappa shape index (κ1) is 18.3. The van der Waals surface area contributed by atoms with E-state index >= 15 is 0 Å².